The highest BCUT2D eigenvalue weighted by molar-refractivity contribution is 9.10. The van der Waals surface area contributed by atoms with Crippen molar-refractivity contribution >= 4 is 39.7 Å². The maximum atomic E-state index is 13.5. The van der Waals surface area contributed by atoms with Gasteiger partial charge in [0.25, 0.3) is 0 Å². The Morgan fingerprint density at radius 3 is 2.74 bits per heavy atom. The van der Waals surface area contributed by atoms with Gasteiger partial charge in [-0.15, -0.1) is 0 Å². The number of rotatable bonds is 9. The third-order valence-corrected chi connectivity index (χ3v) is 10.5. The van der Waals surface area contributed by atoms with Crippen LogP contribution in [0.4, 0.5) is 16.2 Å². The summed E-state index contributed by atoms with van der Waals surface area (Å²) in [6, 6.07) is 19.8. The van der Waals surface area contributed by atoms with Crippen LogP contribution < -0.4 is 10.1 Å². The Labute approximate surface area is 256 Å². The number of hydrogen-bond acceptors (Lipinski definition) is 5. The molecule has 3 aromatic rings. The van der Waals surface area contributed by atoms with Gasteiger partial charge in [-0.25, -0.2) is 4.79 Å². The maximum absolute atomic E-state index is 13.5. The molecule has 3 aromatic carbocycles. The number of carbonyl (C=O) groups is 2. The second-order valence-corrected chi connectivity index (χ2v) is 12.7. The van der Waals surface area contributed by atoms with Crippen molar-refractivity contribution in [1.29, 1.82) is 0 Å². The Morgan fingerprint density at radius 2 is 1.93 bits per heavy atom. The smallest absolute Gasteiger partial charge is 0.410 e. The van der Waals surface area contributed by atoms with Gasteiger partial charge >= 0.3 is 6.09 Å². The van der Waals surface area contributed by atoms with Gasteiger partial charge in [0.15, 0.2) is 6.29 Å². The van der Waals surface area contributed by atoms with E-state index in [9.17, 15) is 9.59 Å². The lowest BCUT2D eigenvalue weighted by molar-refractivity contribution is -0.0138. The fraction of sp³-hybridized carbons (Fsp3) is 0.429. The van der Waals surface area contributed by atoms with Gasteiger partial charge in [0, 0.05) is 33.7 Å². The van der Waals surface area contributed by atoms with E-state index in [0.717, 1.165) is 72.0 Å². The summed E-state index contributed by atoms with van der Waals surface area (Å²) in [5, 5.41) is 3.54. The minimum absolute atomic E-state index is 0.0112. The zero-order valence-corrected chi connectivity index (χ0v) is 25.8. The van der Waals surface area contributed by atoms with Crippen LogP contribution in [0.25, 0.3) is 0 Å². The van der Waals surface area contributed by atoms with Crippen molar-refractivity contribution < 1.29 is 19.1 Å². The molecule has 0 spiro atoms. The fourth-order valence-electron chi connectivity index (χ4n) is 7.52. The number of fused-ring (bicyclic) bond motifs is 1. The molecule has 7 heteroatoms. The lowest BCUT2D eigenvalue weighted by Crippen LogP contribution is -2.62. The normalized spacial score (nSPS) is 22.5. The molecule has 1 amide bonds. The van der Waals surface area contributed by atoms with E-state index in [0.29, 0.717) is 24.6 Å². The number of carbonyl (C=O) groups excluding carboxylic acids is 2. The number of amides is 1. The van der Waals surface area contributed by atoms with Gasteiger partial charge in [0.2, 0.25) is 0 Å². The highest BCUT2D eigenvalue weighted by Gasteiger charge is 2.56. The number of likely N-dealkylation sites (tertiary alicyclic amines) is 1. The number of ether oxygens (including phenoxy) is 2. The predicted octanol–water partition coefficient (Wildman–Crippen LogP) is 8.58. The molecule has 6 rings (SSSR count). The van der Waals surface area contributed by atoms with Crippen LogP contribution in [0.3, 0.4) is 0 Å². The van der Waals surface area contributed by atoms with Crippen LogP contribution in [0.2, 0.25) is 0 Å². The van der Waals surface area contributed by atoms with Crippen molar-refractivity contribution in [2.24, 2.45) is 5.92 Å². The highest BCUT2D eigenvalue weighted by atomic mass is 79.9. The molecule has 1 saturated carbocycles. The molecule has 1 heterocycles. The van der Waals surface area contributed by atoms with Crippen LogP contribution >= 0.6 is 15.9 Å². The number of halogens is 1. The molecule has 2 aliphatic carbocycles. The van der Waals surface area contributed by atoms with E-state index < -0.39 is 0 Å². The number of unbranched alkanes of at least 4 members (excludes halogenated alkanes) is 1. The van der Waals surface area contributed by atoms with Gasteiger partial charge in [-0.1, -0.05) is 68.7 Å². The fourth-order valence-corrected chi connectivity index (χ4v) is 8.19. The molecule has 220 valence electrons. The zero-order valence-electron chi connectivity index (χ0n) is 24.2. The van der Waals surface area contributed by atoms with E-state index in [1.54, 1.807) is 0 Å². The number of para-hydroxylation sites is 1. The molecule has 42 heavy (non-hydrogen) atoms. The summed E-state index contributed by atoms with van der Waals surface area (Å²) in [4.78, 5) is 27.4. The number of nitrogens with zero attached hydrogens (tertiary/aromatic N) is 1. The van der Waals surface area contributed by atoms with Crippen molar-refractivity contribution in [1.82, 2.24) is 4.90 Å². The van der Waals surface area contributed by atoms with Gasteiger partial charge in [0.05, 0.1) is 12.3 Å². The predicted molar refractivity (Wildman–Crippen MR) is 169 cm³/mol. The molecule has 0 radical (unpaired) electrons. The Kier molecular flexibility index (Phi) is 8.57. The summed E-state index contributed by atoms with van der Waals surface area (Å²) in [5.74, 6) is 1.21. The molecule has 2 fully saturated rings. The van der Waals surface area contributed by atoms with Crippen LogP contribution in [-0.4, -0.2) is 36.5 Å². The molecule has 1 saturated heterocycles. The molecule has 1 unspecified atom stereocenters. The Bertz CT molecular complexity index is 1440. The Morgan fingerprint density at radius 1 is 1.12 bits per heavy atom. The largest absolute Gasteiger partial charge is 0.491 e. The standard InChI is InChI=1S/C35H39BrN2O4/c1-2-3-19-41-31-21-28-26(32(36)33(31)37-29-15-8-7-13-25(29)22-39)20-30-27-14-9-10-16-35(27,28)17-18-38(30)34(40)42-23-24-11-5-4-6-12-24/h4-8,11-13,15,21-22,27,30,37H,2-3,9-10,14,16-20,23H2,1H3/t27?,30-,35-/m0/s1. The lowest BCUT2D eigenvalue weighted by atomic mass is 9.52. The minimum Gasteiger partial charge on any atom is -0.491 e. The number of piperidine rings is 1. The first-order valence-corrected chi connectivity index (χ1v) is 16.1. The second kappa shape index (κ2) is 12.5. The third-order valence-electron chi connectivity index (χ3n) is 9.58. The van der Waals surface area contributed by atoms with E-state index in [-0.39, 0.29) is 24.2 Å². The summed E-state index contributed by atoms with van der Waals surface area (Å²) in [6.07, 6.45) is 8.96. The van der Waals surface area contributed by atoms with Crippen molar-refractivity contribution in [2.45, 2.75) is 76.4 Å². The van der Waals surface area contributed by atoms with Crippen molar-refractivity contribution in [3.8, 4) is 5.75 Å². The first-order chi connectivity index (χ1) is 20.6. The van der Waals surface area contributed by atoms with Crippen LogP contribution in [0, 0.1) is 5.92 Å². The molecule has 3 atom stereocenters. The average Bonchev–Trinajstić information content (AvgIpc) is 3.03. The number of aldehydes is 1. The van der Waals surface area contributed by atoms with Crippen molar-refractivity contribution in [3.05, 3.63) is 87.4 Å². The van der Waals surface area contributed by atoms with Crippen LogP contribution in [-0.2, 0) is 23.2 Å². The second-order valence-electron chi connectivity index (χ2n) is 11.9. The quantitative estimate of drug-likeness (QED) is 0.189. The van der Waals surface area contributed by atoms with Crippen LogP contribution in [0.15, 0.2) is 65.1 Å². The monoisotopic (exact) mass is 630 g/mol. The molecule has 6 nitrogen and oxygen atoms in total. The lowest BCUT2D eigenvalue weighted by Gasteiger charge is -2.58. The summed E-state index contributed by atoms with van der Waals surface area (Å²) in [7, 11) is 0. The molecule has 1 N–H and O–H groups in total. The molecule has 1 aliphatic heterocycles. The average molecular weight is 632 g/mol. The number of hydrogen-bond donors (Lipinski definition) is 1. The third kappa shape index (κ3) is 5.32. The van der Waals surface area contributed by atoms with Gasteiger partial charge in [-0.05, 0) is 88.8 Å². The first-order valence-electron chi connectivity index (χ1n) is 15.3. The van der Waals surface area contributed by atoms with E-state index >= 15 is 0 Å². The van der Waals surface area contributed by atoms with Gasteiger partial charge in [0.1, 0.15) is 12.4 Å². The van der Waals surface area contributed by atoms with Gasteiger partial charge < -0.3 is 19.7 Å². The molecule has 2 bridgehead atoms. The number of benzene rings is 3. The zero-order chi connectivity index (χ0) is 29.1. The number of anilines is 2. The van der Waals surface area contributed by atoms with E-state index in [4.69, 9.17) is 9.47 Å². The minimum atomic E-state index is -0.222. The summed E-state index contributed by atoms with van der Waals surface area (Å²) in [6.45, 7) is 3.77. The van der Waals surface area contributed by atoms with E-state index in [1.165, 1.54) is 24.0 Å². The molecular weight excluding hydrogens is 592 g/mol. The summed E-state index contributed by atoms with van der Waals surface area (Å²) in [5.41, 5.74) is 5.77. The van der Waals surface area contributed by atoms with Gasteiger partial charge in [-0.2, -0.15) is 0 Å². The first kappa shape index (κ1) is 28.8. The Balaban J connectivity index is 1.38. The summed E-state index contributed by atoms with van der Waals surface area (Å²) >= 11 is 4.01. The Hall–Kier alpha value is -3.32. The van der Waals surface area contributed by atoms with Crippen molar-refractivity contribution in [3.63, 3.8) is 0 Å². The van der Waals surface area contributed by atoms with E-state index in [2.05, 4.69) is 34.2 Å². The SMILES string of the molecule is CCCCOc1cc2c(c(Br)c1Nc1ccccc1C=O)C[C@H]1C3CCCC[C@@]23CCN1C(=O)OCc1ccccc1. The molecular formula is C35H39BrN2O4. The van der Waals surface area contributed by atoms with Crippen LogP contribution in [0.5, 0.6) is 5.75 Å². The van der Waals surface area contributed by atoms with Gasteiger partial charge in [-0.3, -0.25) is 4.79 Å². The topological polar surface area (TPSA) is 67.9 Å². The van der Waals surface area contributed by atoms with E-state index in [1.807, 2.05) is 59.5 Å². The molecule has 0 aromatic heterocycles. The van der Waals surface area contributed by atoms with Crippen LogP contribution in [0.1, 0.15) is 78.9 Å². The molecule has 3 aliphatic rings. The number of nitrogens with one attached hydrogen (secondary N) is 1. The summed E-state index contributed by atoms with van der Waals surface area (Å²) < 4.78 is 13.3. The highest BCUT2D eigenvalue weighted by Crippen LogP contribution is 2.59. The maximum Gasteiger partial charge on any atom is 0.410 e. The van der Waals surface area contributed by atoms with Crippen molar-refractivity contribution in [2.75, 3.05) is 18.5 Å².